The molecule has 0 saturated heterocycles. The van der Waals surface area contributed by atoms with Crippen molar-refractivity contribution in [2.24, 2.45) is 5.92 Å². The Morgan fingerprint density at radius 1 is 1.04 bits per heavy atom. The van der Waals surface area contributed by atoms with Gasteiger partial charge in [-0.25, -0.2) is 9.78 Å². The van der Waals surface area contributed by atoms with Crippen molar-refractivity contribution < 1.29 is 41.8 Å². The van der Waals surface area contributed by atoms with Crippen molar-refractivity contribution in [2.75, 3.05) is 19.5 Å². The molecule has 2 heterocycles. The Morgan fingerprint density at radius 3 is 2.42 bits per heavy atom. The average Bonchev–Trinajstić information content (AvgIpc) is 3.60. The summed E-state index contributed by atoms with van der Waals surface area (Å²) in [6.45, 7) is 3.60. The SMILES string of the molecule is COc1cc(-c2nc(NC(=O)c3[nH]c4c(C)cc(C)cc4c3CC(=O)OC(=O)C(F)(F)F)sc2CCC2CCCCC2)c(OC)cc1Cl. The van der Waals surface area contributed by atoms with Crippen molar-refractivity contribution in [1.82, 2.24) is 9.97 Å². The fourth-order valence-electron chi connectivity index (χ4n) is 6.23. The van der Waals surface area contributed by atoms with E-state index >= 15 is 0 Å². The second kappa shape index (κ2) is 14.6. The van der Waals surface area contributed by atoms with Crippen molar-refractivity contribution in [2.45, 2.75) is 71.4 Å². The number of methoxy groups -OCH3 is 2. The maximum absolute atomic E-state index is 13.9. The van der Waals surface area contributed by atoms with Crippen LogP contribution in [0.25, 0.3) is 22.2 Å². The number of hydrogen-bond donors (Lipinski definition) is 2. The van der Waals surface area contributed by atoms with E-state index in [-0.39, 0.29) is 16.4 Å². The summed E-state index contributed by atoms with van der Waals surface area (Å²) in [5.74, 6) is -3.27. The van der Waals surface area contributed by atoms with Crippen LogP contribution in [0.5, 0.6) is 11.5 Å². The zero-order chi connectivity index (χ0) is 34.7. The minimum absolute atomic E-state index is 0.0682. The maximum Gasteiger partial charge on any atom is 0.491 e. The number of aromatic nitrogens is 2. The van der Waals surface area contributed by atoms with Crippen LogP contribution in [-0.2, 0) is 27.2 Å². The molecule has 1 saturated carbocycles. The molecule has 9 nitrogen and oxygen atoms in total. The number of H-pyrrole nitrogens is 1. The molecular weight excluding hydrogens is 671 g/mol. The lowest BCUT2D eigenvalue weighted by atomic mass is 9.86. The number of benzene rings is 2. The van der Waals surface area contributed by atoms with E-state index in [1.807, 2.05) is 6.07 Å². The van der Waals surface area contributed by atoms with E-state index in [1.165, 1.54) is 44.8 Å². The monoisotopic (exact) mass is 705 g/mol. The van der Waals surface area contributed by atoms with E-state index < -0.39 is 30.4 Å². The van der Waals surface area contributed by atoms with Crippen molar-refractivity contribution in [3.63, 3.8) is 0 Å². The van der Waals surface area contributed by atoms with Gasteiger partial charge in [0, 0.05) is 33.0 Å². The van der Waals surface area contributed by atoms with Crippen molar-refractivity contribution >= 4 is 56.8 Å². The summed E-state index contributed by atoms with van der Waals surface area (Å²) in [7, 11) is 3.02. The van der Waals surface area contributed by atoms with Crippen LogP contribution in [0, 0.1) is 19.8 Å². The number of fused-ring (bicyclic) bond motifs is 1. The highest BCUT2D eigenvalue weighted by molar-refractivity contribution is 7.16. The number of alkyl halides is 3. The van der Waals surface area contributed by atoms with Gasteiger partial charge in [0.1, 0.15) is 17.2 Å². The largest absolute Gasteiger partial charge is 0.496 e. The van der Waals surface area contributed by atoms with Crippen molar-refractivity contribution in [3.8, 4) is 22.8 Å². The normalized spacial score (nSPS) is 13.8. The second-order valence-corrected chi connectivity index (χ2v) is 13.4. The number of nitrogens with zero attached hydrogens (tertiary/aromatic N) is 1. The zero-order valence-electron chi connectivity index (χ0n) is 26.9. The summed E-state index contributed by atoms with van der Waals surface area (Å²) in [5, 5.41) is 3.88. The molecule has 0 radical (unpaired) electrons. The predicted octanol–water partition coefficient (Wildman–Crippen LogP) is 8.52. The first-order valence-electron chi connectivity index (χ1n) is 15.5. The van der Waals surface area contributed by atoms with Crippen LogP contribution in [0.1, 0.15) is 70.6 Å². The quantitative estimate of drug-likeness (QED) is 0.125. The van der Waals surface area contributed by atoms with Gasteiger partial charge < -0.3 is 19.2 Å². The molecule has 0 atom stereocenters. The molecule has 4 aromatic rings. The van der Waals surface area contributed by atoms with Crippen LogP contribution in [-0.4, -0.2) is 48.2 Å². The van der Waals surface area contributed by atoms with E-state index in [0.717, 1.165) is 35.3 Å². The van der Waals surface area contributed by atoms with E-state index in [1.54, 1.807) is 32.0 Å². The lowest BCUT2D eigenvalue weighted by molar-refractivity contribution is -0.201. The van der Waals surface area contributed by atoms with Gasteiger partial charge in [-0.15, -0.1) is 11.3 Å². The standard InChI is InChI=1S/C34H35ClF3N3O6S/c1-17-12-18(2)28-20(13-17)21(15-27(42)47-32(44)34(36,37)38)30(39-28)31(43)41-33-40-29(22-14-25(46-4)23(35)16-24(22)45-3)26(48-33)11-10-19-8-6-5-7-9-19/h12-14,16,19,39H,5-11,15H2,1-4H3,(H,40,41,43). The maximum atomic E-state index is 13.9. The van der Waals surface area contributed by atoms with Gasteiger partial charge in [0.15, 0.2) is 5.13 Å². The van der Waals surface area contributed by atoms with Crippen molar-refractivity contribution in [3.05, 3.63) is 56.5 Å². The van der Waals surface area contributed by atoms with Gasteiger partial charge in [-0.1, -0.05) is 55.3 Å². The fourth-order valence-corrected chi connectivity index (χ4v) is 7.44. The Balaban J connectivity index is 1.52. The summed E-state index contributed by atoms with van der Waals surface area (Å²) in [6, 6.07) is 6.94. The summed E-state index contributed by atoms with van der Waals surface area (Å²) in [6.07, 6.45) is 1.51. The zero-order valence-corrected chi connectivity index (χ0v) is 28.4. The summed E-state index contributed by atoms with van der Waals surface area (Å²) in [4.78, 5) is 46.5. The van der Waals surface area contributed by atoms with Crippen LogP contribution in [0.3, 0.4) is 0 Å². The Labute approximate surface area is 284 Å². The summed E-state index contributed by atoms with van der Waals surface area (Å²) < 4.78 is 53.6. The number of halogens is 4. The van der Waals surface area contributed by atoms with E-state index in [0.29, 0.717) is 51.0 Å². The third-order valence-corrected chi connectivity index (χ3v) is 9.82. The Kier molecular flexibility index (Phi) is 10.7. The molecule has 1 fully saturated rings. The van der Waals surface area contributed by atoms with Crippen LogP contribution in [0.4, 0.5) is 18.3 Å². The number of carbonyl (C=O) groups excluding carboxylic acids is 3. The lowest BCUT2D eigenvalue weighted by Crippen LogP contribution is -2.29. The molecule has 1 amide bonds. The van der Waals surface area contributed by atoms with Crippen LogP contribution >= 0.6 is 22.9 Å². The van der Waals surface area contributed by atoms with E-state index in [9.17, 15) is 27.6 Å². The smallest absolute Gasteiger partial charge is 0.491 e. The fraction of sp³-hybridized carbons (Fsp3) is 0.412. The summed E-state index contributed by atoms with van der Waals surface area (Å²) in [5.41, 5.74) is 3.30. The number of hydrogen-bond acceptors (Lipinski definition) is 8. The molecule has 2 N–H and O–H groups in total. The van der Waals surface area contributed by atoms with E-state index in [4.69, 9.17) is 26.1 Å². The Bertz CT molecular complexity index is 1860. The van der Waals surface area contributed by atoms with Gasteiger partial charge in [0.25, 0.3) is 5.91 Å². The molecule has 2 aromatic heterocycles. The second-order valence-electron chi connectivity index (χ2n) is 11.9. The Hall–Kier alpha value is -4.10. The predicted molar refractivity (Wildman–Crippen MR) is 177 cm³/mol. The number of amides is 1. The van der Waals surface area contributed by atoms with Crippen LogP contribution in [0.15, 0.2) is 24.3 Å². The molecule has 0 aliphatic heterocycles. The summed E-state index contributed by atoms with van der Waals surface area (Å²) >= 11 is 7.68. The Morgan fingerprint density at radius 2 is 1.75 bits per heavy atom. The number of aromatic amines is 1. The first-order valence-corrected chi connectivity index (χ1v) is 16.6. The van der Waals surface area contributed by atoms with Gasteiger partial charge in [0.05, 0.1) is 31.4 Å². The van der Waals surface area contributed by atoms with Gasteiger partial charge in [0.2, 0.25) is 0 Å². The molecule has 2 aromatic carbocycles. The lowest BCUT2D eigenvalue weighted by Gasteiger charge is -2.21. The number of esters is 2. The molecule has 256 valence electrons. The van der Waals surface area contributed by atoms with Gasteiger partial charge in [-0.05, 0) is 50.3 Å². The molecule has 1 aliphatic rings. The number of thiazole rings is 1. The third-order valence-electron chi connectivity index (χ3n) is 8.49. The van der Waals surface area contributed by atoms with Crippen LogP contribution < -0.4 is 14.8 Å². The number of anilines is 1. The molecule has 0 bridgehead atoms. The van der Waals surface area contributed by atoms with Gasteiger partial charge >= 0.3 is 18.1 Å². The van der Waals surface area contributed by atoms with E-state index in [2.05, 4.69) is 15.0 Å². The highest BCUT2D eigenvalue weighted by Crippen LogP contribution is 2.43. The minimum atomic E-state index is -5.35. The first-order chi connectivity index (χ1) is 22.8. The first kappa shape index (κ1) is 35.2. The van der Waals surface area contributed by atoms with Crippen LogP contribution in [0.2, 0.25) is 5.02 Å². The number of carbonyl (C=O) groups is 3. The highest BCUT2D eigenvalue weighted by Gasteiger charge is 2.42. The number of nitrogens with one attached hydrogen (secondary N) is 2. The highest BCUT2D eigenvalue weighted by atomic mass is 35.5. The molecule has 5 rings (SSSR count). The molecule has 0 unspecified atom stereocenters. The molecule has 14 heteroatoms. The number of ether oxygens (including phenoxy) is 3. The topological polar surface area (TPSA) is 120 Å². The molecule has 1 aliphatic carbocycles. The van der Waals surface area contributed by atoms with Crippen molar-refractivity contribution in [1.29, 1.82) is 0 Å². The minimum Gasteiger partial charge on any atom is -0.496 e. The molecular formula is C34H35ClF3N3O6S. The molecule has 48 heavy (non-hydrogen) atoms. The number of rotatable bonds is 10. The van der Waals surface area contributed by atoms with Gasteiger partial charge in [-0.2, -0.15) is 13.2 Å². The van der Waals surface area contributed by atoms with Gasteiger partial charge in [-0.3, -0.25) is 14.9 Å². The molecule has 0 spiro atoms. The third kappa shape index (κ3) is 7.78. The number of aryl methyl sites for hydroxylation is 3. The average molecular weight is 706 g/mol.